The van der Waals surface area contributed by atoms with Gasteiger partial charge in [0, 0.05) is 30.6 Å². The number of hydrogen-bond acceptors (Lipinski definition) is 7. The summed E-state index contributed by atoms with van der Waals surface area (Å²) in [6.45, 7) is 0. The second kappa shape index (κ2) is 10.3. The minimum absolute atomic E-state index is 0.0329. The molecular formula is C22H30N4O7. The van der Waals surface area contributed by atoms with Gasteiger partial charge < -0.3 is 30.6 Å². The van der Waals surface area contributed by atoms with E-state index in [0.29, 0.717) is 17.8 Å². The third kappa shape index (κ3) is 5.49. The van der Waals surface area contributed by atoms with Crippen LogP contribution in [0.25, 0.3) is 10.9 Å². The van der Waals surface area contributed by atoms with Crippen LogP contribution in [0.15, 0.2) is 24.3 Å². The van der Waals surface area contributed by atoms with E-state index < -0.39 is 24.1 Å². The topological polar surface area (TPSA) is 165 Å². The Kier molecular flexibility index (Phi) is 7.67. The van der Waals surface area contributed by atoms with E-state index in [0.717, 1.165) is 23.7 Å². The number of carboxylic acids is 2. The minimum atomic E-state index is -2.27. The first-order valence-corrected chi connectivity index (χ1v) is 10.9. The van der Waals surface area contributed by atoms with Gasteiger partial charge in [0.25, 0.3) is 5.91 Å². The van der Waals surface area contributed by atoms with Crippen LogP contribution in [0, 0.1) is 0 Å². The number of nitrogens with one attached hydrogen (secondary N) is 1. The second-order valence-corrected chi connectivity index (χ2v) is 8.60. The molecule has 1 aromatic heterocycles. The van der Waals surface area contributed by atoms with E-state index in [1.165, 1.54) is 19.3 Å². The summed E-state index contributed by atoms with van der Waals surface area (Å²) < 4.78 is 1.79. The number of para-hydroxylation sites is 1. The van der Waals surface area contributed by atoms with Crippen LogP contribution < -0.4 is 5.32 Å². The molecule has 2 aliphatic rings. The smallest absolute Gasteiger partial charge is 0.335 e. The number of benzene rings is 1. The molecule has 4 atom stereocenters. The number of aliphatic hydroxyl groups excluding tert-OH is 2. The summed E-state index contributed by atoms with van der Waals surface area (Å²) in [5.74, 6) is -3.57. The molecule has 0 aliphatic carbocycles. The summed E-state index contributed by atoms with van der Waals surface area (Å²) in [4.78, 5) is 34.8. The van der Waals surface area contributed by atoms with E-state index in [1.54, 1.807) is 4.68 Å². The number of rotatable bonds is 5. The monoisotopic (exact) mass is 462 g/mol. The zero-order valence-corrected chi connectivity index (χ0v) is 18.6. The van der Waals surface area contributed by atoms with E-state index in [9.17, 15) is 14.4 Å². The average Bonchev–Trinajstić information content (AvgIpc) is 3.10. The Bertz CT molecular complexity index is 991. The van der Waals surface area contributed by atoms with Crippen molar-refractivity contribution in [2.45, 2.75) is 62.4 Å². The molecule has 2 bridgehead atoms. The van der Waals surface area contributed by atoms with Crippen molar-refractivity contribution in [1.29, 1.82) is 0 Å². The Hall–Kier alpha value is -3.02. The van der Waals surface area contributed by atoms with Crippen molar-refractivity contribution in [1.82, 2.24) is 20.0 Å². The highest BCUT2D eigenvalue weighted by atomic mass is 16.4. The molecule has 2 unspecified atom stereocenters. The fourth-order valence-corrected chi connectivity index (χ4v) is 4.64. The summed E-state index contributed by atoms with van der Waals surface area (Å²) in [5, 5.41) is 41.1. The molecule has 2 aromatic rings. The third-order valence-corrected chi connectivity index (χ3v) is 6.45. The number of hydrogen-bond donors (Lipinski definition) is 5. The fraction of sp³-hybridized carbons (Fsp3) is 0.545. The number of amides is 1. The molecule has 11 nitrogen and oxygen atoms in total. The first-order valence-electron chi connectivity index (χ1n) is 10.9. The predicted molar refractivity (Wildman–Crippen MR) is 118 cm³/mol. The van der Waals surface area contributed by atoms with Crippen LogP contribution in [0.1, 0.15) is 42.6 Å². The molecule has 11 heteroatoms. The van der Waals surface area contributed by atoms with Crippen LogP contribution in [0.3, 0.4) is 0 Å². The zero-order chi connectivity index (χ0) is 24.3. The maximum Gasteiger partial charge on any atom is 0.335 e. The van der Waals surface area contributed by atoms with E-state index in [1.807, 2.05) is 31.3 Å². The Morgan fingerprint density at radius 2 is 1.55 bits per heavy atom. The number of nitrogens with zero attached hydrogens (tertiary/aromatic N) is 3. The highest BCUT2D eigenvalue weighted by molar-refractivity contribution is 6.04. The molecular weight excluding hydrogens is 432 g/mol. The molecule has 1 aromatic carbocycles. The van der Waals surface area contributed by atoms with Gasteiger partial charge >= 0.3 is 11.9 Å². The van der Waals surface area contributed by atoms with E-state index in [4.69, 9.17) is 20.4 Å². The molecule has 4 rings (SSSR count). The van der Waals surface area contributed by atoms with E-state index >= 15 is 0 Å². The molecule has 33 heavy (non-hydrogen) atoms. The first kappa shape index (κ1) is 24.6. The standard InChI is InChI=1S/C18H24N4O.C4H6O6/c1-21-13-6-5-7-14(21)11-12(10-13)19-18(23)17-15-8-3-4-9-16(15)22(2)20-17;5-1(3(7)8)2(6)4(9)10/h3-4,8-9,12-14H,5-7,10-11H2,1-2H3,(H,19,23);1-2,5-6H,(H,7,8)(H,9,10)/t13-,14-;/m0./s1. The predicted octanol–water partition coefficient (Wildman–Crippen LogP) is 0.196. The summed E-state index contributed by atoms with van der Waals surface area (Å²) in [6.07, 6.45) is 1.42. The van der Waals surface area contributed by atoms with E-state index in [-0.39, 0.29) is 11.9 Å². The lowest BCUT2D eigenvalue weighted by Gasteiger charge is -2.47. The summed E-state index contributed by atoms with van der Waals surface area (Å²) in [7, 11) is 4.12. The van der Waals surface area contributed by atoms with Gasteiger partial charge in [0.2, 0.25) is 0 Å². The molecule has 0 radical (unpaired) electrons. The van der Waals surface area contributed by atoms with Crippen molar-refractivity contribution in [2.75, 3.05) is 7.05 Å². The van der Waals surface area contributed by atoms with Crippen LogP contribution in [0.2, 0.25) is 0 Å². The number of aliphatic hydroxyl groups is 2. The van der Waals surface area contributed by atoms with Gasteiger partial charge in [0.15, 0.2) is 17.9 Å². The Balaban J connectivity index is 0.000000262. The maximum atomic E-state index is 12.7. The Morgan fingerprint density at radius 3 is 2.09 bits per heavy atom. The largest absolute Gasteiger partial charge is 0.479 e. The minimum Gasteiger partial charge on any atom is -0.479 e. The van der Waals surface area contributed by atoms with Gasteiger partial charge in [-0.3, -0.25) is 9.48 Å². The lowest BCUT2D eigenvalue weighted by molar-refractivity contribution is -0.165. The number of aliphatic carboxylic acids is 2. The molecule has 3 heterocycles. The highest BCUT2D eigenvalue weighted by Crippen LogP contribution is 2.32. The fourth-order valence-electron chi connectivity index (χ4n) is 4.64. The number of carbonyl (C=O) groups excluding carboxylic acids is 1. The van der Waals surface area contributed by atoms with Crippen molar-refractivity contribution >= 4 is 28.7 Å². The molecule has 2 fully saturated rings. The quantitative estimate of drug-likeness (QED) is 0.417. The number of aromatic nitrogens is 2. The number of carbonyl (C=O) groups is 3. The molecule has 5 N–H and O–H groups in total. The lowest BCUT2D eigenvalue weighted by atomic mass is 9.82. The van der Waals surface area contributed by atoms with Crippen molar-refractivity contribution in [2.24, 2.45) is 7.05 Å². The van der Waals surface area contributed by atoms with Crippen LogP contribution >= 0.6 is 0 Å². The maximum absolute atomic E-state index is 12.7. The van der Waals surface area contributed by atoms with E-state index in [2.05, 4.69) is 22.4 Å². The van der Waals surface area contributed by atoms with Gasteiger partial charge in [-0.2, -0.15) is 5.10 Å². The van der Waals surface area contributed by atoms with Gasteiger partial charge in [0.05, 0.1) is 5.52 Å². The van der Waals surface area contributed by atoms with Gasteiger partial charge in [-0.1, -0.05) is 24.6 Å². The van der Waals surface area contributed by atoms with Crippen LogP contribution in [0.5, 0.6) is 0 Å². The molecule has 2 aliphatic heterocycles. The summed E-state index contributed by atoms with van der Waals surface area (Å²) in [5.41, 5.74) is 1.55. The molecule has 2 saturated heterocycles. The van der Waals surface area contributed by atoms with Crippen molar-refractivity contribution < 1.29 is 34.8 Å². The van der Waals surface area contributed by atoms with Crippen LogP contribution in [0.4, 0.5) is 0 Å². The SMILES string of the molecule is CN1[C@H]2CCC[C@H]1CC(NC(=O)c1nn(C)c3ccccc13)C2.O=C(O)C(O)C(O)C(=O)O. The molecule has 180 valence electrons. The number of aryl methyl sites for hydroxylation is 1. The zero-order valence-electron chi connectivity index (χ0n) is 18.6. The number of piperidine rings is 2. The van der Waals surface area contributed by atoms with Crippen LogP contribution in [-0.4, -0.2) is 90.3 Å². The normalized spacial score (nSPS) is 24.3. The molecule has 0 spiro atoms. The number of fused-ring (bicyclic) bond motifs is 3. The first-order chi connectivity index (χ1) is 15.6. The Labute approximate surface area is 190 Å². The Morgan fingerprint density at radius 1 is 1.00 bits per heavy atom. The van der Waals surface area contributed by atoms with Crippen molar-refractivity contribution in [3.05, 3.63) is 30.0 Å². The second-order valence-electron chi connectivity index (χ2n) is 8.60. The van der Waals surface area contributed by atoms with Gasteiger partial charge in [-0.05, 0) is 38.8 Å². The van der Waals surface area contributed by atoms with Gasteiger partial charge in [-0.25, -0.2) is 9.59 Å². The summed E-state index contributed by atoms with van der Waals surface area (Å²) in [6, 6.07) is 9.42. The lowest BCUT2D eigenvalue weighted by Crippen LogP contribution is -2.55. The summed E-state index contributed by atoms with van der Waals surface area (Å²) >= 11 is 0. The average molecular weight is 463 g/mol. The van der Waals surface area contributed by atoms with Gasteiger partial charge in [0.1, 0.15) is 0 Å². The van der Waals surface area contributed by atoms with Gasteiger partial charge in [-0.15, -0.1) is 0 Å². The third-order valence-electron chi connectivity index (χ3n) is 6.45. The number of carboxylic acid groups (broad SMARTS) is 2. The highest BCUT2D eigenvalue weighted by Gasteiger charge is 2.36. The molecule has 0 saturated carbocycles. The molecule has 1 amide bonds. The van der Waals surface area contributed by atoms with Crippen LogP contribution in [-0.2, 0) is 16.6 Å². The van der Waals surface area contributed by atoms with Crippen molar-refractivity contribution in [3.8, 4) is 0 Å². The van der Waals surface area contributed by atoms with Crippen molar-refractivity contribution in [3.63, 3.8) is 0 Å².